The summed E-state index contributed by atoms with van der Waals surface area (Å²) in [6, 6.07) is 11.2. The van der Waals surface area contributed by atoms with Gasteiger partial charge in [0.15, 0.2) is 0 Å². The highest BCUT2D eigenvalue weighted by Crippen LogP contribution is 2.22. The first-order valence-electron chi connectivity index (χ1n) is 7.41. The van der Waals surface area contributed by atoms with Crippen molar-refractivity contribution in [1.29, 1.82) is 0 Å². The highest BCUT2D eigenvalue weighted by Gasteiger charge is 2.20. The number of hydrogen-bond acceptors (Lipinski definition) is 3. The van der Waals surface area contributed by atoms with E-state index in [9.17, 15) is 9.90 Å². The number of hydrogen-bond donors (Lipinski definition) is 3. The number of benzene rings is 2. The minimum atomic E-state index is -0.0366. The summed E-state index contributed by atoms with van der Waals surface area (Å²) in [5.41, 5.74) is 6.54. The standard InChI is InChI=1S/C17H20N2O2/c18-14-4-6-15(7-5-14)19-17(21)13-2-1-12-10-16(20)8-3-11(12)9-13/h1-3,8-10,14-15,20H,4-7,18H2,(H,19,21). The van der Waals surface area contributed by atoms with Gasteiger partial charge < -0.3 is 16.2 Å². The Bertz CT molecular complexity index is 661. The second kappa shape index (κ2) is 5.74. The van der Waals surface area contributed by atoms with Crippen LogP contribution in [0.2, 0.25) is 0 Å². The van der Waals surface area contributed by atoms with Crippen LogP contribution in [0.4, 0.5) is 0 Å². The van der Waals surface area contributed by atoms with E-state index in [1.54, 1.807) is 18.2 Å². The molecule has 4 nitrogen and oxygen atoms in total. The summed E-state index contributed by atoms with van der Waals surface area (Å²) >= 11 is 0. The molecule has 4 N–H and O–H groups in total. The molecule has 0 unspecified atom stereocenters. The van der Waals surface area contributed by atoms with Gasteiger partial charge in [0, 0.05) is 17.6 Å². The minimum Gasteiger partial charge on any atom is -0.508 e. The first kappa shape index (κ1) is 13.9. The van der Waals surface area contributed by atoms with Crippen molar-refractivity contribution in [2.24, 2.45) is 5.73 Å². The van der Waals surface area contributed by atoms with Gasteiger partial charge in [0.2, 0.25) is 0 Å². The molecule has 0 aliphatic heterocycles. The Balaban J connectivity index is 1.74. The maximum absolute atomic E-state index is 12.3. The van der Waals surface area contributed by atoms with Gasteiger partial charge in [-0.1, -0.05) is 12.1 Å². The van der Waals surface area contributed by atoms with Crippen LogP contribution < -0.4 is 11.1 Å². The van der Waals surface area contributed by atoms with Crippen LogP contribution in [0.15, 0.2) is 36.4 Å². The highest BCUT2D eigenvalue weighted by molar-refractivity contribution is 5.98. The van der Waals surface area contributed by atoms with Crippen molar-refractivity contribution in [3.8, 4) is 5.75 Å². The monoisotopic (exact) mass is 284 g/mol. The Labute approximate surface area is 124 Å². The van der Waals surface area contributed by atoms with E-state index in [1.165, 1.54) is 0 Å². The molecule has 110 valence electrons. The van der Waals surface area contributed by atoms with Crippen LogP contribution in [-0.4, -0.2) is 23.1 Å². The molecule has 3 rings (SSSR count). The van der Waals surface area contributed by atoms with E-state index in [-0.39, 0.29) is 23.7 Å². The van der Waals surface area contributed by atoms with Gasteiger partial charge in [-0.2, -0.15) is 0 Å². The number of aromatic hydroxyl groups is 1. The van der Waals surface area contributed by atoms with Crippen LogP contribution in [0.25, 0.3) is 10.8 Å². The number of amides is 1. The van der Waals surface area contributed by atoms with Crippen molar-refractivity contribution in [2.45, 2.75) is 37.8 Å². The zero-order chi connectivity index (χ0) is 14.8. The summed E-state index contributed by atoms with van der Waals surface area (Å²) < 4.78 is 0. The van der Waals surface area contributed by atoms with Crippen LogP contribution >= 0.6 is 0 Å². The first-order chi connectivity index (χ1) is 10.1. The number of nitrogens with two attached hydrogens (primary N) is 1. The smallest absolute Gasteiger partial charge is 0.251 e. The number of carbonyl (C=O) groups is 1. The number of rotatable bonds is 2. The van der Waals surface area contributed by atoms with Gasteiger partial charge in [-0.25, -0.2) is 0 Å². The van der Waals surface area contributed by atoms with Gasteiger partial charge in [0.25, 0.3) is 5.91 Å². The molecule has 0 heterocycles. The third kappa shape index (κ3) is 3.16. The van der Waals surface area contributed by atoms with E-state index >= 15 is 0 Å². The van der Waals surface area contributed by atoms with Gasteiger partial charge in [-0.05, 0) is 60.7 Å². The topological polar surface area (TPSA) is 75.3 Å². The van der Waals surface area contributed by atoms with E-state index in [0.717, 1.165) is 36.5 Å². The van der Waals surface area contributed by atoms with Gasteiger partial charge in [0.1, 0.15) is 5.75 Å². The van der Waals surface area contributed by atoms with Crippen LogP contribution in [0.1, 0.15) is 36.0 Å². The number of fused-ring (bicyclic) bond motifs is 1. The Kier molecular flexibility index (Phi) is 3.80. The largest absolute Gasteiger partial charge is 0.508 e. The summed E-state index contributed by atoms with van der Waals surface area (Å²) in [5.74, 6) is 0.198. The molecule has 1 amide bonds. The minimum absolute atomic E-state index is 0.0366. The Hall–Kier alpha value is -2.07. The average Bonchev–Trinajstić information content (AvgIpc) is 2.49. The number of phenolic OH excluding ortho intramolecular Hbond substituents is 1. The molecule has 4 heteroatoms. The predicted octanol–water partition coefficient (Wildman–Crippen LogP) is 2.55. The van der Waals surface area contributed by atoms with Crippen LogP contribution in [0.5, 0.6) is 5.75 Å². The lowest BCUT2D eigenvalue weighted by atomic mass is 9.91. The normalized spacial score (nSPS) is 22.1. The lowest BCUT2D eigenvalue weighted by molar-refractivity contribution is 0.0926. The zero-order valence-corrected chi connectivity index (χ0v) is 11.9. The Morgan fingerprint density at radius 3 is 2.48 bits per heavy atom. The van der Waals surface area contributed by atoms with Crippen molar-refractivity contribution in [2.75, 3.05) is 0 Å². The van der Waals surface area contributed by atoms with Crippen LogP contribution in [-0.2, 0) is 0 Å². The summed E-state index contributed by atoms with van der Waals surface area (Å²) in [6.45, 7) is 0. The molecule has 0 bridgehead atoms. The van der Waals surface area contributed by atoms with Crippen LogP contribution in [0.3, 0.4) is 0 Å². The maximum atomic E-state index is 12.3. The molecule has 1 fully saturated rings. The molecule has 1 saturated carbocycles. The molecule has 21 heavy (non-hydrogen) atoms. The second-order valence-corrected chi connectivity index (χ2v) is 5.83. The van der Waals surface area contributed by atoms with Gasteiger partial charge in [-0.15, -0.1) is 0 Å². The zero-order valence-electron chi connectivity index (χ0n) is 11.9. The molecule has 0 saturated heterocycles. The number of carbonyl (C=O) groups excluding carboxylic acids is 1. The molecule has 0 aromatic heterocycles. The van der Waals surface area contributed by atoms with Crippen LogP contribution in [0, 0.1) is 0 Å². The maximum Gasteiger partial charge on any atom is 0.251 e. The highest BCUT2D eigenvalue weighted by atomic mass is 16.3. The third-order valence-corrected chi connectivity index (χ3v) is 4.19. The fraction of sp³-hybridized carbons (Fsp3) is 0.353. The molecule has 0 radical (unpaired) electrons. The molecule has 0 spiro atoms. The van der Waals surface area contributed by atoms with Crippen molar-refractivity contribution in [1.82, 2.24) is 5.32 Å². The molecule has 2 aromatic carbocycles. The Morgan fingerprint density at radius 2 is 1.71 bits per heavy atom. The first-order valence-corrected chi connectivity index (χ1v) is 7.41. The van der Waals surface area contributed by atoms with Gasteiger partial charge in [-0.3, -0.25) is 4.79 Å². The fourth-order valence-corrected chi connectivity index (χ4v) is 2.91. The lowest BCUT2D eigenvalue weighted by Gasteiger charge is -2.26. The van der Waals surface area contributed by atoms with Gasteiger partial charge >= 0.3 is 0 Å². The second-order valence-electron chi connectivity index (χ2n) is 5.83. The third-order valence-electron chi connectivity index (χ3n) is 4.19. The molecular weight excluding hydrogens is 264 g/mol. The van der Waals surface area contributed by atoms with E-state index in [4.69, 9.17) is 5.73 Å². The van der Waals surface area contributed by atoms with E-state index in [2.05, 4.69) is 5.32 Å². The number of nitrogens with one attached hydrogen (secondary N) is 1. The molecule has 2 aromatic rings. The predicted molar refractivity (Wildman–Crippen MR) is 83.3 cm³/mol. The summed E-state index contributed by atoms with van der Waals surface area (Å²) in [5, 5.41) is 14.4. The summed E-state index contributed by atoms with van der Waals surface area (Å²) in [6.07, 6.45) is 3.85. The fourth-order valence-electron chi connectivity index (χ4n) is 2.91. The van der Waals surface area contributed by atoms with Crippen molar-refractivity contribution in [3.05, 3.63) is 42.0 Å². The summed E-state index contributed by atoms with van der Waals surface area (Å²) in [7, 11) is 0. The van der Waals surface area contributed by atoms with Crippen molar-refractivity contribution in [3.63, 3.8) is 0 Å². The lowest BCUT2D eigenvalue weighted by Crippen LogP contribution is -2.40. The van der Waals surface area contributed by atoms with Crippen molar-refractivity contribution < 1.29 is 9.90 Å². The SMILES string of the molecule is NC1CCC(NC(=O)c2ccc3cc(O)ccc3c2)CC1. The van der Waals surface area contributed by atoms with E-state index in [0.29, 0.717) is 5.56 Å². The van der Waals surface area contributed by atoms with Crippen molar-refractivity contribution >= 4 is 16.7 Å². The molecule has 0 atom stereocenters. The average molecular weight is 284 g/mol. The van der Waals surface area contributed by atoms with E-state index in [1.807, 2.05) is 18.2 Å². The quantitative estimate of drug-likeness (QED) is 0.793. The Morgan fingerprint density at radius 1 is 1.05 bits per heavy atom. The van der Waals surface area contributed by atoms with E-state index < -0.39 is 0 Å². The summed E-state index contributed by atoms with van der Waals surface area (Å²) in [4.78, 5) is 12.3. The van der Waals surface area contributed by atoms with Gasteiger partial charge in [0.05, 0.1) is 0 Å². The molecule has 1 aliphatic rings. The number of phenols is 1. The molecular formula is C17H20N2O2. The molecule has 1 aliphatic carbocycles.